The van der Waals surface area contributed by atoms with Gasteiger partial charge in [-0.2, -0.15) is 0 Å². The smallest absolute Gasteiger partial charge is 0.311 e. The molecule has 0 saturated heterocycles. The van der Waals surface area contributed by atoms with Crippen molar-refractivity contribution in [2.75, 3.05) is 0 Å². The molecule has 0 spiro atoms. The molecule has 8 heavy (non-hydrogen) atoms. The average molecular weight is 159 g/mol. The predicted molar refractivity (Wildman–Crippen MR) is 30.9 cm³/mol. The third kappa shape index (κ3) is 489. The van der Waals surface area contributed by atoms with Crippen LogP contribution in [-0.4, -0.2) is 10.7 Å². The van der Waals surface area contributed by atoms with Crippen LogP contribution in [0.4, 0.5) is 9.59 Å². The summed E-state index contributed by atoms with van der Waals surface area (Å²) < 4.78 is 0. The molecule has 0 bridgehead atoms. The fourth-order valence-electron chi connectivity index (χ4n) is 0. The Hall–Kier alpha value is -0.480. The summed E-state index contributed by atoms with van der Waals surface area (Å²) in [4.78, 5) is 18.0. The third-order valence-electron chi connectivity index (χ3n) is 0. The molecule has 0 saturated carbocycles. The van der Waals surface area contributed by atoms with Crippen LogP contribution in [0.1, 0.15) is 0 Å². The molecular weight excluding hydrogens is 155 g/mol. The van der Waals surface area contributed by atoms with Crippen molar-refractivity contribution in [2.24, 2.45) is 11.5 Å². The number of hydrogen-bond acceptors (Lipinski definition) is 2. The third-order valence-corrected chi connectivity index (χ3v) is 0. The summed E-state index contributed by atoms with van der Waals surface area (Å²) in [5.74, 6) is 0. The Morgan fingerprint density at radius 1 is 1.00 bits per heavy atom. The highest BCUT2D eigenvalue weighted by atomic mass is 35.5. The van der Waals surface area contributed by atoms with Gasteiger partial charge in [-0.15, -0.1) is 0 Å². The van der Waals surface area contributed by atoms with Gasteiger partial charge in [-0.1, -0.05) is 0 Å². The van der Waals surface area contributed by atoms with Crippen molar-refractivity contribution in [3.05, 3.63) is 0 Å². The second kappa shape index (κ2) is 6.52. The molecule has 48 valence electrons. The first-order chi connectivity index (χ1) is 3.46. The molecule has 4 N–H and O–H groups in total. The van der Waals surface area contributed by atoms with E-state index in [-0.39, 0.29) is 0 Å². The van der Waals surface area contributed by atoms with Crippen LogP contribution in [0, 0.1) is 0 Å². The molecule has 0 aliphatic carbocycles. The Morgan fingerprint density at radius 2 is 1.00 bits per heavy atom. The Balaban J connectivity index is 0. The fourth-order valence-corrected chi connectivity index (χ4v) is 0. The molecule has 0 aromatic rings. The van der Waals surface area contributed by atoms with Crippen molar-refractivity contribution < 1.29 is 9.59 Å². The van der Waals surface area contributed by atoms with Gasteiger partial charge in [0, 0.05) is 0 Å². The molecule has 6 heteroatoms. The highest BCUT2D eigenvalue weighted by Crippen LogP contribution is 1.62. The second-order valence-electron chi connectivity index (χ2n) is 0.608. The number of halogens is 2. The molecule has 0 radical (unpaired) electrons. The Labute approximate surface area is 55.7 Å². The van der Waals surface area contributed by atoms with E-state index >= 15 is 0 Å². The standard InChI is InChI=1S/2CH2ClNO/c2*2-1(3)4/h2*(H2,3,4). The molecule has 2 amide bonds. The van der Waals surface area contributed by atoms with Gasteiger partial charge in [-0.3, -0.25) is 9.59 Å². The van der Waals surface area contributed by atoms with Crippen LogP contribution in [0.3, 0.4) is 0 Å². The molecule has 0 unspecified atom stereocenters. The van der Waals surface area contributed by atoms with Gasteiger partial charge >= 0.3 is 10.7 Å². The van der Waals surface area contributed by atoms with E-state index in [1.165, 1.54) is 0 Å². The van der Waals surface area contributed by atoms with E-state index in [1.54, 1.807) is 0 Å². The minimum Gasteiger partial charge on any atom is -0.356 e. The lowest BCUT2D eigenvalue weighted by atomic mass is 11.5. The van der Waals surface area contributed by atoms with Gasteiger partial charge in [0.05, 0.1) is 0 Å². The Morgan fingerprint density at radius 3 is 1.00 bits per heavy atom. The van der Waals surface area contributed by atoms with E-state index in [2.05, 4.69) is 34.7 Å². The van der Waals surface area contributed by atoms with E-state index in [0.717, 1.165) is 0 Å². The number of primary amides is 2. The number of carbonyl (C=O) groups is 2. The number of rotatable bonds is 0. The molecule has 0 aliphatic heterocycles. The lowest BCUT2D eigenvalue weighted by Gasteiger charge is -1.56. The zero-order valence-corrected chi connectivity index (χ0v) is 5.24. The molecule has 0 fully saturated rings. The van der Waals surface area contributed by atoms with E-state index < -0.39 is 10.7 Å². The van der Waals surface area contributed by atoms with Crippen molar-refractivity contribution in [1.29, 1.82) is 0 Å². The number of hydrogen-bond donors (Lipinski definition) is 2. The van der Waals surface area contributed by atoms with Crippen LogP contribution < -0.4 is 11.5 Å². The van der Waals surface area contributed by atoms with Crippen LogP contribution in [0.25, 0.3) is 0 Å². The summed E-state index contributed by atoms with van der Waals surface area (Å²) >= 11 is 8.83. The molecule has 0 aromatic carbocycles. The SMILES string of the molecule is NC(=O)Cl.NC(=O)Cl. The predicted octanol–water partition coefficient (Wildman–Crippen LogP) is 0.608. The fraction of sp³-hybridized carbons (Fsp3) is 0. The maximum absolute atomic E-state index is 8.99. The summed E-state index contributed by atoms with van der Waals surface area (Å²) in [7, 11) is 0. The highest BCUT2D eigenvalue weighted by Gasteiger charge is 1.67. The Kier molecular flexibility index (Phi) is 8.55. The lowest BCUT2D eigenvalue weighted by Crippen LogP contribution is -1.94. The van der Waals surface area contributed by atoms with Crippen LogP contribution in [0.5, 0.6) is 0 Å². The normalized spacial score (nSPS) is 6.25. The lowest BCUT2D eigenvalue weighted by molar-refractivity contribution is 0.265. The average Bonchev–Trinajstić information content (AvgIpc) is 1.25. The highest BCUT2D eigenvalue weighted by molar-refractivity contribution is 6.62. The number of carbonyl (C=O) groups excluding carboxylic acids is 2. The first-order valence-corrected chi connectivity index (χ1v) is 2.12. The largest absolute Gasteiger partial charge is 0.356 e. The van der Waals surface area contributed by atoms with Crippen LogP contribution in [-0.2, 0) is 0 Å². The van der Waals surface area contributed by atoms with Gasteiger partial charge in [0.15, 0.2) is 0 Å². The van der Waals surface area contributed by atoms with Crippen molar-refractivity contribution in [3.8, 4) is 0 Å². The second-order valence-corrected chi connectivity index (χ2v) is 1.35. The monoisotopic (exact) mass is 158 g/mol. The Bertz CT molecular complexity index is 74.0. The van der Waals surface area contributed by atoms with Crippen molar-refractivity contribution >= 4 is 33.9 Å². The molecule has 0 rings (SSSR count). The molecule has 0 atom stereocenters. The molecule has 0 heterocycles. The van der Waals surface area contributed by atoms with E-state index in [9.17, 15) is 0 Å². The van der Waals surface area contributed by atoms with Gasteiger partial charge in [0.25, 0.3) is 0 Å². The van der Waals surface area contributed by atoms with Crippen molar-refractivity contribution in [2.45, 2.75) is 0 Å². The van der Waals surface area contributed by atoms with Crippen LogP contribution in [0.15, 0.2) is 0 Å². The maximum atomic E-state index is 8.99. The molecule has 4 nitrogen and oxygen atoms in total. The summed E-state index contributed by atoms with van der Waals surface area (Å²) in [6, 6.07) is 0. The van der Waals surface area contributed by atoms with Crippen LogP contribution >= 0.6 is 23.2 Å². The molecule has 0 aliphatic rings. The van der Waals surface area contributed by atoms with E-state index in [0.29, 0.717) is 0 Å². The number of nitrogens with two attached hydrogens (primary N) is 2. The summed E-state index contributed by atoms with van der Waals surface area (Å²) in [5, 5.41) is -1.72. The van der Waals surface area contributed by atoms with Gasteiger partial charge in [-0.25, -0.2) is 0 Å². The minimum atomic E-state index is -0.861. The summed E-state index contributed by atoms with van der Waals surface area (Å²) in [6.07, 6.45) is 0. The van der Waals surface area contributed by atoms with Gasteiger partial charge < -0.3 is 11.5 Å². The van der Waals surface area contributed by atoms with Gasteiger partial charge in [0.1, 0.15) is 0 Å². The summed E-state index contributed by atoms with van der Waals surface area (Å²) in [6.45, 7) is 0. The zero-order chi connectivity index (χ0) is 7.15. The van der Waals surface area contributed by atoms with Crippen LogP contribution in [0.2, 0.25) is 0 Å². The molecule has 0 aromatic heterocycles. The summed E-state index contributed by atoms with van der Waals surface area (Å²) in [5.41, 5.74) is 8.48. The minimum absolute atomic E-state index is 0.861. The van der Waals surface area contributed by atoms with E-state index in [4.69, 9.17) is 9.59 Å². The topological polar surface area (TPSA) is 86.2 Å². The van der Waals surface area contributed by atoms with Crippen molar-refractivity contribution in [1.82, 2.24) is 0 Å². The maximum Gasteiger partial charge on any atom is 0.311 e. The quantitative estimate of drug-likeness (QED) is 0.400. The number of amides is 2. The van der Waals surface area contributed by atoms with Gasteiger partial charge in [0.2, 0.25) is 0 Å². The van der Waals surface area contributed by atoms with E-state index in [1.807, 2.05) is 0 Å². The zero-order valence-electron chi connectivity index (χ0n) is 3.73. The van der Waals surface area contributed by atoms with Crippen molar-refractivity contribution in [3.63, 3.8) is 0 Å². The first kappa shape index (κ1) is 10.5. The van der Waals surface area contributed by atoms with Gasteiger partial charge in [-0.05, 0) is 23.2 Å². The molecular formula is C2H4Cl2N2O2. The first-order valence-electron chi connectivity index (χ1n) is 1.36.